The van der Waals surface area contributed by atoms with Gasteiger partial charge in [0.05, 0.1) is 5.69 Å². The molecule has 19 heavy (non-hydrogen) atoms. The first-order chi connectivity index (χ1) is 9.10. The molecule has 0 spiro atoms. The average molecular weight is 282 g/mol. The molecule has 1 heterocycles. The van der Waals surface area contributed by atoms with Crippen molar-refractivity contribution in [3.63, 3.8) is 0 Å². The van der Waals surface area contributed by atoms with Crippen molar-refractivity contribution in [3.05, 3.63) is 16.4 Å². The summed E-state index contributed by atoms with van der Waals surface area (Å²) >= 11 is 6.37. The predicted molar refractivity (Wildman–Crippen MR) is 78.4 cm³/mol. The van der Waals surface area contributed by atoms with Crippen LogP contribution in [0.5, 0.6) is 0 Å². The van der Waals surface area contributed by atoms with Gasteiger partial charge in [0.1, 0.15) is 5.15 Å². The predicted octanol–water partition coefficient (Wildman–Crippen LogP) is 2.95. The van der Waals surface area contributed by atoms with Gasteiger partial charge in [0.25, 0.3) is 0 Å². The number of hydrogen-bond donors (Lipinski definition) is 1. The van der Waals surface area contributed by atoms with Crippen molar-refractivity contribution in [2.45, 2.75) is 45.1 Å². The highest BCUT2D eigenvalue weighted by molar-refractivity contribution is 6.30. The van der Waals surface area contributed by atoms with Gasteiger partial charge in [-0.15, -0.1) is 0 Å². The molecule has 106 valence electrons. The van der Waals surface area contributed by atoms with Gasteiger partial charge in [-0.1, -0.05) is 18.0 Å². The zero-order valence-corrected chi connectivity index (χ0v) is 12.9. The van der Waals surface area contributed by atoms with Crippen LogP contribution in [0.1, 0.15) is 36.9 Å². The fraction of sp³-hybridized carbons (Fsp3) is 0.800. The topological polar surface area (TPSA) is 29.9 Å². The van der Waals surface area contributed by atoms with E-state index in [-0.39, 0.29) is 0 Å². The van der Waals surface area contributed by atoms with Gasteiger partial charge in [0.2, 0.25) is 0 Å². The summed E-state index contributed by atoms with van der Waals surface area (Å²) in [6.07, 6.45) is 6.79. The maximum atomic E-state index is 6.37. The lowest BCUT2D eigenvalue weighted by Gasteiger charge is -2.30. The largest absolute Gasteiger partial charge is 0.316 e. The van der Waals surface area contributed by atoms with E-state index in [0.29, 0.717) is 6.04 Å². The summed E-state index contributed by atoms with van der Waals surface area (Å²) in [4.78, 5) is 0. The van der Waals surface area contributed by atoms with Crippen LogP contribution in [0.3, 0.4) is 0 Å². The molecule has 2 bridgehead atoms. The molecule has 4 unspecified atom stereocenters. The third-order valence-electron chi connectivity index (χ3n) is 5.37. The minimum absolute atomic E-state index is 0.552. The monoisotopic (exact) mass is 281 g/mol. The molecule has 2 aliphatic rings. The van der Waals surface area contributed by atoms with E-state index in [1.54, 1.807) is 4.68 Å². The third kappa shape index (κ3) is 2.31. The molecule has 4 atom stereocenters. The van der Waals surface area contributed by atoms with Gasteiger partial charge in [-0.2, -0.15) is 5.10 Å². The molecule has 2 aliphatic carbocycles. The molecule has 0 aliphatic heterocycles. The summed E-state index contributed by atoms with van der Waals surface area (Å²) in [5.41, 5.74) is 2.31. The van der Waals surface area contributed by atoms with Crippen LogP contribution in [0.25, 0.3) is 0 Å². The van der Waals surface area contributed by atoms with E-state index in [1.165, 1.54) is 31.2 Å². The van der Waals surface area contributed by atoms with Crippen molar-refractivity contribution >= 4 is 11.6 Å². The van der Waals surface area contributed by atoms with E-state index >= 15 is 0 Å². The second kappa shape index (κ2) is 5.10. The fourth-order valence-electron chi connectivity index (χ4n) is 4.38. The number of fused-ring (bicyclic) bond motifs is 2. The molecule has 1 aromatic heterocycles. The standard InChI is InChI=1S/C15H24ClN3/c1-9-12(15(16)19(3)18-9)8-14(17-2)13-7-10-4-5-11(13)6-10/h10-11,13-14,17H,4-8H2,1-3H3. The molecular formula is C15H24ClN3. The number of nitrogens with zero attached hydrogens (tertiary/aromatic N) is 2. The summed E-state index contributed by atoms with van der Waals surface area (Å²) in [5.74, 6) is 2.77. The zero-order valence-electron chi connectivity index (χ0n) is 12.1. The molecular weight excluding hydrogens is 258 g/mol. The number of hydrogen-bond acceptors (Lipinski definition) is 2. The number of aryl methyl sites for hydroxylation is 2. The Kier molecular flexibility index (Phi) is 3.61. The maximum absolute atomic E-state index is 6.37. The van der Waals surface area contributed by atoms with E-state index in [4.69, 9.17) is 11.6 Å². The molecule has 2 saturated carbocycles. The summed E-state index contributed by atoms with van der Waals surface area (Å²) in [5, 5.41) is 8.78. The van der Waals surface area contributed by atoms with E-state index in [0.717, 1.165) is 35.0 Å². The number of nitrogens with one attached hydrogen (secondary N) is 1. The van der Waals surface area contributed by atoms with Crippen LogP contribution < -0.4 is 5.32 Å². The van der Waals surface area contributed by atoms with Crippen LogP contribution in [0.15, 0.2) is 0 Å². The smallest absolute Gasteiger partial charge is 0.130 e. The molecule has 1 aromatic rings. The van der Waals surface area contributed by atoms with Crippen LogP contribution in [-0.4, -0.2) is 22.9 Å². The van der Waals surface area contributed by atoms with Crippen LogP contribution in [0.4, 0.5) is 0 Å². The second-order valence-corrected chi connectivity index (χ2v) is 6.77. The van der Waals surface area contributed by atoms with Gasteiger partial charge in [-0.25, -0.2) is 0 Å². The normalized spacial score (nSPS) is 31.1. The number of rotatable bonds is 4. The fourth-order valence-corrected chi connectivity index (χ4v) is 4.63. The molecule has 0 saturated heterocycles. The zero-order chi connectivity index (χ0) is 13.6. The first-order valence-corrected chi connectivity index (χ1v) is 7.83. The van der Waals surface area contributed by atoms with E-state index in [9.17, 15) is 0 Å². The molecule has 4 heteroatoms. The number of likely N-dealkylation sites (N-methyl/N-ethyl adjacent to an activating group) is 1. The second-order valence-electron chi connectivity index (χ2n) is 6.42. The Balaban J connectivity index is 1.76. The van der Waals surface area contributed by atoms with E-state index in [2.05, 4.69) is 24.4 Å². The Morgan fingerprint density at radius 1 is 1.42 bits per heavy atom. The molecule has 0 amide bonds. The van der Waals surface area contributed by atoms with Crippen molar-refractivity contribution in [3.8, 4) is 0 Å². The lowest BCUT2D eigenvalue weighted by atomic mass is 9.81. The first kappa shape index (κ1) is 13.4. The first-order valence-electron chi connectivity index (χ1n) is 7.45. The highest BCUT2D eigenvalue weighted by Gasteiger charge is 2.42. The van der Waals surface area contributed by atoms with E-state index < -0.39 is 0 Å². The Labute approximate surface area is 120 Å². The van der Waals surface area contributed by atoms with Gasteiger partial charge in [0.15, 0.2) is 0 Å². The minimum atomic E-state index is 0.552. The summed E-state index contributed by atoms with van der Waals surface area (Å²) in [6, 6.07) is 0.552. The molecule has 0 radical (unpaired) electrons. The molecule has 3 rings (SSSR count). The Hall–Kier alpha value is -0.540. The van der Waals surface area contributed by atoms with Gasteiger partial charge >= 0.3 is 0 Å². The van der Waals surface area contributed by atoms with Crippen LogP contribution in [0, 0.1) is 24.7 Å². The lowest BCUT2D eigenvalue weighted by Crippen LogP contribution is -2.38. The minimum Gasteiger partial charge on any atom is -0.316 e. The average Bonchev–Trinajstić information content (AvgIpc) is 3.06. The van der Waals surface area contributed by atoms with Gasteiger partial charge in [-0.05, 0) is 57.4 Å². The summed E-state index contributed by atoms with van der Waals surface area (Å²) < 4.78 is 1.79. The highest BCUT2D eigenvalue weighted by Crippen LogP contribution is 2.50. The molecule has 2 fully saturated rings. The number of aromatic nitrogens is 2. The maximum Gasteiger partial charge on any atom is 0.130 e. The quantitative estimate of drug-likeness (QED) is 0.920. The summed E-state index contributed by atoms with van der Waals surface area (Å²) in [7, 11) is 4.01. The van der Waals surface area contributed by atoms with E-state index in [1.807, 2.05) is 7.05 Å². The Morgan fingerprint density at radius 2 is 2.21 bits per heavy atom. The van der Waals surface area contributed by atoms with Crippen LogP contribution in [0.2, 0.25) is 5.15 Å². The molecule has 0 aromatic carbocycles. The van der Waals surface area contributed by atoms with Crippen LogP contribution >= 0.6 is 11.6 Å². The van der Waals surface area contributed by atoms with Crippen molar-refractivity contribution in [1.29, 1.82) is 0 Å². The lowest BCUT2D eigenvalue weighted by molar-refractivity contribution is 0.255. The van der Waals surface area contributed by atoms with Crippen molar-refractivity contribution in [1.82, 2.24) is 15.1 Å². The SMILES string of the molecule is CNC(Cc1c(C)nn(C)c1Cl)C1CC2CCC1C2. The van der Waals surface area contributed by atoms with Crippen LogP contribution in [-0.2, 0) is 13.5 Å². The Morgan fingerprint density at radius 3 is 2.68 bits per heavy atom. The third-order valence-corrected chi connectivity index (χ3v) is 5.85. The van der Waals surface area contributed by atoms with Crippen molar-refractivity contribution in [2.24, 2.45) is 24.8 Å². The van der Waals surface area contributed by atoms with Gasteiger partial charge in [-0.3, -0.25) is 4.68 Å². The molecule has 1 N–H and O–H groups in total. The van der Waals surface area contributed by atoms with Crippen molar-refractivity contribution < 1.29 is 0 Å². The molecule has 3 nitrogen and oxygen atoms in total. The Bertz CT molecular complexity index is 468. The number of halogens is 1. The summed E-state index contributed by atoms with van der Waals surface area (Å²) in [6.45, 7) is 2.06. The van der Waals surface area contributed by atoms with Gasteiger partial charge < -0.3 is 5.32 Å². The van der Waals surface area contributed by atoms with Crippen molar-refractivity contribution in [2.75, 3.05) is 7.05 Å². The van der Waals surface area contributed by atoms with Gasteiger partial charge in [0, 0.05) is 18.7 Å². The highest BCUT2D eigenvalue weighted by atomic mass is 35.5.